The van der Waals surface area contributed by atoms with E-state index in [0.717, 1.165) is 77.1 Å². The van der Waals surface area contributed by atoms with Crippen LogP contribution in [0.3, 0.4) is 0 Å². The van der Waals surface area contributed by atoms with Gasteiger partial charge in [-0.05, 0) is 60.7 Å². The molecule has 8 aromatic carbocycles. The van der Waals surface area contributed by atoms with Crippen molar-refractivity contribution in [2.24, 2.45) is 0 Å². The van der Waals surface area contributed by atoms with Crippen LogP contribution in [0.2, 0.25) is 0 Å². The van der Waals surface area contributed by atoms with E-state index in [4.69, 9.17) is 15.0 Å². The van der Waals surface area contributed by atoms with Gasteiger partial charge < -0.3 is 9.13 Å². The third-order valence-electron chi connectivity index (χ3n) is 11.3. The Morgan fingerprint density at radius 3 is 1.30 bits per heavy atom. The molecule has 12 aromatic rings. The first-order valence-electron chi connectivity index (χ1n) is 19.2. The van der Waals surface area contributed by atoms with E-state index in [2.05, 4.69) is 208 Å². The highest BCUT2D eigenvalue weighted by molar-refractivity contribution is 6.15. The van der Waals surface area contributed by atoms with Gasteiger partial charge in [-0.25, -0.2) is 4.98 Å². The maximum atomic E-state index is 5.46. The zero-order valence-electron chi connectivity index (χ0n) is 30.7. The van der Waals surface area contributed by atoms with Crippen molar-refractivity contribution in [3.63, 3.8) is 0 Å². The zero-order valence-corrected chi connectivity index (χ0v) is 30.7. The molecule has 0 bridgehead atoms. The monoisotopic (exact) mass is 728 g/mol. The number of hydrogen-bond donors (Lipinski definition) is 0. The lowest BCUT2D eigenvalue weighted by molar-refractivity contribution is 0.952. The predicted molar refractivity (Wildman–Crippen MR) is 234 cm³/mol. The summed E-state index contributed by atoms with van der Waals surface area (Å²) < 4.78 is 6.87. The van der Waals surface area contributed by atoms with Gasteiger partial charge in [0, 0.05) is 49.1 Å². The van der Waals surface area contributed by atoms with Gasteiger partial charge in [-0.2, -0.15) is 9.97 Å². The molecule has 0 unspecified atom stereocenters. The number of aromatic nitrogens is 6. The quantitative estimate of drug-likeness (QED) is 0.177. The normalized spacial score (nSPS) is 11.9. The second-order valence-electron chi connectivity index (χ2n) is 14.4. The number of rotatable bonds is 5. The minimum atomic E-state index is 0.563. The third kappa shape index (κ3) is 4.68. The number of benzene rings is 8. The Balaban J connectivity index is 1.19. The third-order valence-corrected chi connectivity index (χ3v) is 11.3. The lowest BCUT2D eigenvalue weighted by Crippen LogP contribution is -2.08. The fraction of sp³-hybridized carbons (Fsp3) is 0. The first kappa shape index (κ1) is 31.5. The largest absolute Gasteiger partial charge is 0.309 e. The maximum Gasteiger partial charge on any atom is 0.238 e. The highest BCUT2D eigenvalue weighted by atomic mass is 15.2. The Morgan fingerprint density at radius 1 is 0.281 bits per heavy atom. The minimum absolute atomic E-state index is 0.563. The van der Waals surface area contributed by atoms with E-state index in [1.807, 2.05) is 0 Å². The van der Waals surface area contributed by atoms with E-state index in [0.29, 0.717) is 17.6 Å². The van der Waals surface area contributed by atoms with E-state index in [1.54, 1.807) is 0 Å². The highest BCUT2D eigenvalue weighted by Crippen LogP contribution is 2.40. The van der Waals surface area contributed by atoms with Crippen molar-refractivity contribution in [2.75, 3.05) is 0 Å². The Bertz CT molecular complexity index is 3430. The van der Waals surface area contributed by atoms with Crippen LogP contribution >= 0.6 is 0 Å². The number of hydrogen-bond acceptors (Lipinski definition) is 3. The molecule has 0 aliphatic rings. The molecule has 0 fully saturated rings. The molecule has 0 spiro atoms. The van der Waals surface area contributed by atoms with E-state index < -0.39 is 0 Å². The molecule has 0 saturated carbocycles. The van der Waals surface area contributed by atoms with Gasteiger partial charge in [0.25, 0.3) is 0 Å². The zero-order chi connectivity index (χ0) is 37.5. The maximum absolute atomic E-state index is 5.46. The molecular weight excluding hydrogens is 697 g/mol. The van der Waals surface area contributed by atoms with Crippen LogP contribution in [0.15, 0.2) is 194 Å². The summed E-state index contributed by atoms with van der Waals surface area (Å²) in [7, 11) is 0. The van der Waals surface area contributed by atoms with Crippen LogP contribution in [0, 0.1) is 0 Å². The number of nitrogens with zero attached hydrogens (tertiary/aromatic N) is 6. The van der Waals surface area contributed by atoms with Gasteiger partial charge in [0.15, 0.2) is 11.6 Å². The summed E-state index contributed by atoms with van der Waals surface area (Å²) in [6.45, 7) is 0. The molecule has 6 heteroatoms. The molecule has 6 nitrogen and oxygen atoms in total. The van der Waals surface area contributed by atoms with Gasteiger partial charge in [0.1, 0.15) is 0 Å². The van der Waals surface area contributed by atoms with Gasteiger partial charge in [-0.3, -0.25) is 4.57 Å². The molecule has 12 rings (SSSR count). The molecule has 57 heavy (non-hydrogen) atoms. The molecule has 0 aliphatic carbocycles. The lowest BCUT2D eigenvalue weighted by Gasteiger charge is -2.15. The van der Waals surface area contributed by atoms with Crippen LogP contribution in [0.5, 0.6) is 0 Å². The number of fused-ring (bicyclic) bond motifs is 9. The molecule has 4 aromatic heterocycles. The fourth-order valence-corrected chi connectivity index (χ4v) is 8.94. The summed E-state index contributed by atoms with van der Waals surface area (Å²) in [6.07, 6.45) is 0. The van der Waals surface area contributed by atoms with E-state index in [9.17, 15) is 0 Å². The summed E-state index contributed by atoms with van der Waals surface area (Å²) >= 11 is 0. The van der Waals surface area contributed by atoms with Crippen molar-refractivity contribution >= 4 is 65.4 Å². The Kier molecular flexibility index (Phi) is 6.83. The van der Waals surface area contributed by atoms with Crippen molar-refractivity contribution in [1.29, 1.82) is 0 Å². The molecule has 0 saturated heterocycles. The SMILES string of the molecule is c1ccc(-n2c3ccccc3c3c(-c4nc(-c5ccccc5-n5c6ccccc6c6ccccc65)nc(-n5c6ccccc6c6ccccc65)n4)cccc32)cc1. The molecule has 0 atom stereocenters. The lowest BCUT2D eigenvalue weighted by atomic mass is 10.1. The average Bonchev–Trinajstić information content (AvgIpc) is 3.92. The first-order valence-corrected chi connectivity index (χ1v) is 19.2. The first-order chi connectivity index (χ1) is 28.3. The molecule has 0 amide bonds. The van der Waals surface area contributed by atoms with Gasteiger partial charge in [-0.1, -0.05) is 133 Å². The molecule has 266 valence electrons. The van der Waals surface area contributed by atoms with Gasteiger partial charge >= 0.3 is 0 Å². The Labute approximate surface area is 327 Å². The van der Waals surface area contributed by atoms with Gasteiger partial charge in [0.2, 0.25) is 5.95 Å². The van der Waals surface area contributed by atoms with Crippen molar-refractivity contribution < 1.29 is 0 Å². The molecule has 4 heterocycles. The highest BCUT2D eigenvalue weighted by Gasteiger charge is 2.23. The summed E-state index contributed by atoms with van der Waals surface area (Å²) in [5.41, 5.74) is 10.5. The molecule has 0 aliphatic heterocycles. The van der Waals surface area contributed by atoms with Crippen LogP contribution in [0.1, 0.15) is 0 Å². The van der Waals surface area contributed by atoms with Crippen LogP contribution in [-0.2, 0) is 0 Å². The van der Waals surface area contributed by atoms with Crippen molar-refractivity contribution in [1.82, 2.24) is 28.7 Å². The van der Waals surface area contributed by atoms with Crippen molar-refractivity contribution in [3.05, 3.63) is 194 Å². The van der Waals surface area contributed by atoms with Gasteiger partial charge in [-0.15, -0.1) is 0 Å². The average molecular weight is 729 g/mol. The fourth-order valence-electron chi connectivity index (χ4n) is 8.94. The molecular formula is C51H32N6. The van der Waals surface area contributed by atoms with E-state index >= 15 is 0 Å². The van der Waals surface area contributed by atoms with Crippen molar-refractivity contribution in [2.45, 2.75) is 0 Å². The van der Waals surface area contributed by atoms with E-state index in [-0.39, 0.29) is 0 Å². The Morgan fingerprint density at radius 2 is 0.702 bits per heavy atom. The minimum Gasteiger partial charge on any atom is -0.309 e. The molecule has 0 N–H and O–H groups in total. The van der Waals surface area contributed by atoms with Crippen LogP contribution in [-0.4, -0.2) is 28.7 Å². The smallest absolute Gasteiger partial charge is 0.238 e. The second kappa shape index (κ2) is 12.3. The van der Waals surface area contributed by atoms with Crippen LogP contribution in [0.25, 0.3) is 106 Å². The topological polar surface area (TPSA) is 53.5 Å². The summed E-state index contributed by atoms with van der Waals surface area (Å²) in [6, 6.07) is 68.3. The number of para-hydroxylation sites is 7. The standard InChI is InChI=1S/C51H32N6/c1-2-17-33(18-3-1)55-45-30-14-8-23-38(45)48-40(25-16-32-47(48)55)50-52-49(53-51(54-50)57-43-28-12-6-21-36(43)37-22-7-13-29-44(37)57)39-24-9-15-31-46(39)56-41-26-10-4-19-34(41)35-20-5-11-27-42(35)56/h1-32H. The Hall–Kier alpha value is -7.83. The van der Waals surface area contributed by atoms with E-state index in [1.165, 1.54) is 10.8 Å². The summed E-state index contributed by atoms with van der Waals surface area (Å²) in [4.78, 5) is 16.3. The van der Waals surface area contributed by atoms with Crippen molar-refractivity contribution in [3.8, 4) is 40.1 Å². The predicted octanol–water partition coefficient (Wildman–Crippen LogP) is 12.5. The molecule has 0 radical (unpaired) electrons. The summed E-state index contributed by atoms with van der Waals surface area (Å²) in [5, 5.41) is 6.93. The van der Waals surface area contributed by atoms with Crippen LogP contribution in [0.4, 0.5) is 0 Å². The second-order valence-corrected chi connectivity index (χ2v) is 14.4. The van der Waals surface area contributed by atoms with Gasteiger partial charge in [0.05, 0.1) is 38.8 Å². The van der Waals surface area contributed by atoms with Crippen LogP contribution < -0.4 is 0 Å². The summed E-state index contributed by atoms with van der Waals surface area (Å²) in [5.74, 6) is 1.77.